The van der Waals surface area contributed by atoms with Crippen molar-refractivity contribution in [3.8, 4) is 17.1 Å². The monoisotopic (exact) mass is 631 g/mol. The van der Waals surface area contributed by atoms with E-state index in [0.29, 0.717) is 56.0 Å². The van der Waals surface area contributed by atoms with Crippen LogP contribution in [-0.2, 0) is 4.74 Å². The van der Waals surface area contributed by atoms with Crippen LogP contribution in [0.1, 0.15) is 19.3 Å². The summed E-state index contributed by atoms with van der Waals surface area (Å²) < 4.78 is 58.1. The van der Waals surface area contributed by atoms with Crippen LogP contribution in [0, 0.1) is 11.6 Å². The molecule has 0 radical (unpaired) electrons. The van der Waals surface area contributed by atoms with Gasteiger partial charge in [0.25, 0.3) is 0 Å². The summed E-state index contributed by atoms with van der Waals surface area (Å²) in [5.41, 5.74) is 6.07. The van der Waals surface area contributed by atoms with Crippen LogP contribution in [0.2, 0.25) is 5.02 Å². The second-order valence-corrected chi connectivity index (χ2v) is 13.3. The van der Waals surface area contributed by atoms with E-state index in [9.17, 15) is 8.78 Å². The highest BCUT2D eigenvalue weighted by Gasteiger charge is 2.49. The molecule has 4 aliphatic heterocycles. The van der Waals surface area contributed by atoms with Crippen LogP contribution in [0.4, 0.5) is 24.1 Å². The van der Waals surface area contributed by atoms with E-state index in [-0.39, 0.29) is 56.2 Å². The number of alkyl halides is 1. The predicted octanol–water partition coefficient (Wildman–Crippen LogP) is 4.55. The molecule has 226 valence electrons. The maximum Gasteiger partial charge on any atom is 0.319 e. The number of fused-ring (bicyclic) bond motifs is 5. The summed E-state index contributed by atoms with van der Waals surface area (Å²) in [6.07, 6.45) is 1.26. The lowest BCUT2D eigenvalue weighted by atomic mass is 9.95. The molecular weight excluding hydrogens is 603 g/mol. The van der Waals surface area contributed by atoms with Crippen molar-refractivity contribution in [1.29, 1.82) is 0 Å². The Morgan fingerprint density at radius 3 is 2.79 bits per heavy atom. The number of nitrogen functional groups attached to an aromatic ring is 1. The minimum atomic E-state index is -0.911. The van der Waals surface area contributed by atoms with E-state index < -0.39 is 23.3 Å². The van der Waals surface area contributed by atoms with E-state index >= 15 is 4.39 Å². The molecular formula is C29H29ClF3N7O2S. The molecule has 3 N–H and O–H groups in total. The number of anilines is 2. The molecule has 0 saturated carbocycles. The van der Waals surface area contributed by atoms with Gasteiger partial charge in [0, 0.05) is 42.6 Å². The second kappa shape index (κ2) is 10.3. The van der Waals surface area contributed by atoms with Gasteiger partial charge in [-0.25, -0.2) is 18.2 Å². The van der Waals surface area contributed by atoms with Crippen LogP contribution in [0.5, 0.6) is 6.01 Å². The Morgan fingerprint density at radius 1 is 1.16 bits per heavy atom. The molecule has 2 aromatic heterocycles. The van der Waals surface area contributed by atoms with Crippen molar-refractivity contribution in [3.05, 3.63) is 34.9 Å². The molecule has 0 unspecified atom stereocenters. The van der Waals surface area contributed by atoms with Crippen LogP contribution in [0.15, 0.2) is 18.2 Å². The Labute approximate surface area is 254 Å². The molecule has 4 saturated heterocycles. The number of rotatable bonds is 5. The van der Waals surface area contributed by atoms with Crippen LogP contribution < -0.4 is 20.7 Å². The van der Waals surface area contributed by atoms with Crippen molar-refractivity contribution in [2.75, 3.05) is 56.6 Å². The number of nitrogens with zero attached hydrogens (tertiary/aromatic N) is 5. The number of hydrogen-bond donors (Lipinski definition) is 2. The van der Waals surface area contributed by atoms with Gasteiger partial charge < -0.3 is 25.4 Å². The number of halogens is 4. The van der Waals surface area contributed by atoms with E-state index in [1.807, 2.05) is 0 Å². The predicted molar refractivity (Wildman–Crippen MR) is 160 cm³/mol. The van der Waals surface area contributed by atoms with E-state index in [0.717, 1.165) is 30.7 Å². The van der Waals surface area contributed by atoms with Crippen LogP contribution >= 0.6 is 22.9 Å². The van der Waals surface area contributed by atoms with Gasteiger partial charge in [-0.3, -0.25) is 4.90 Å². The zero-order valence-corrected chi connectivity index (χ0v) is 24.7. The average molecular weight is 632 g/mol. The van der Waals surface area contributed by atoms with Crippen molar-refractivity contribution < 1.29 is 22.6 Å². The first-order valence-corrected chi connectivity index (χ1v) is 15.6. The highest BCUT2D eigenvalue weighted by atomic mass is 35.5. The number of nitrogens with two attached hydrogens (primary N) is 1. The summed E-state index contributed by atoms with van der Waals surface area (Å²) in [6.45, 7) is 3.71. The normalized spacial score (nSPS) is 27.3. The first-order valence-electron chi connectivity index (χ1n) is 14.4. The molecule has 2 aromatic carbocycles. The number of piperazine rings is 1. The number of morpholine rings is 1. The molecule has 4 aliphatic rings. The zero-order valence-electron chi connectivity index (χ0n) is 23.1. The highest BCUT2D eigenvalue weighted by molar-refractivity contribution is 7.22. The van der Waals surface area contributed by atoms with Crippen LogP contribution in [0.25, 0.3) is 32.2 Å². The van der Waals surface area contributed by atoms with Gasteiger partial charge in [-0.2, -0.15) is 9.97 Å². The van der Waals surface area contributed by atoms with Crippen molar-refractivity contribution in [2.24, 2.45) is 0 Å². The quantitative estimate of drug-likeness (QED) is 0.328. The first-order chi connectivity index (χ1) is 20.8. The second-order valence-electron chi connectivity index (χ2n) is 11.9. The van der Waals surface area contributed by atoms with Crippen molar-refractivity contribution in [1.82, 2.24) is 25.2 Å². The third-order valence-corrected chi connectivity index (χ3v) is 10.5. The molecule has 0 spiro atoms. The van der Waals surface area contributed by atoms with Gasteiger partial charge in [-0.15, -0.1) is 0 Å². The van der Waals surface area contributed by atoms with Crippen molar-refractivity contribution >= 4 is 55.0 Å². The van der Waals surface area contributed by atoms with Crippen molar-refractivity contribution in [3.63, 3.8) is 0 Å². The fourth-order valence-electron chi connectivity index (χ4n) is 7.39. The molecule has 2 bridgehead atoms. The SMILES string of the molecule is Nc1nc2c(-c3c(Cl)cc4c(N5[C@@H]6CNC[C@H]5COC6)nc(OC[C@]56CCCN5C[C@H](F)C6)nc4c3F)ccc(F)c2s1. The number of ether oxygens (including phenoxy) is 2. The molecule has 6 heterocycles. The average Bonchev–Trinajstić information content (AvgIpc) is 3.64. The Balaban J connectivity index is 1.29. The number of benzene rings is 2. The molecule has 0 aliphatic carbocycles. The standard InChI is InChI=1S/C29H29ClF3N7O2S/c30-19-6-18-23(22(33)21(19)17-2-3-20(32)25-24(17)36-27(34)43-25)37-28(42-13-29-4-1-5-39(29)10-14(31)7-29)38-26(18)40-15-8-35-9-16(40)12-41-11-15/h2-3,6,14-16,35H,1,4-5,7-13H2,(H2,34,36)/t14-,15-,16+,29-/m1/s1. The largest absolute Gasteiger partial charge is 0.461 e. The van der Waals surface area contributed by atoms with Crippen LogP contribution in [-0.4, -0.2) is 89.6 Å². The molecule has 0 amide bonds. The Bertz CT molecular complexity index is 1740. The Kier molecular flexibility index (Phi) is 6.60. The smallest absolute Gasteiger partial charge is 0.319 e. The Morgan fingerprint density at radius 2 is 1.98 bits per heavy atom. The fourth-order valence-corrected chi connectivity index (χ4v) is 8.44. The molecule has 4 aromatic rings. The van der Waals surface area contributed by atoms with Gasteiger partial charge in [0.2, 0.25) is 0 Å². The number of aromatic nitrogens is 3. The third kappa shape index (κ3) is 4.42. The lowest BCUT2D eigenvalue weighted by molar-refractivity contribution is 0.0522. The fraction of sp³-hybridized carbons (Fsp3) is 0.483. The maximum absolute atomic E-state index is 16.8. The van der Waals surface area contributed by atoms with E-state index in [1.54, 1.807) is 6.07 Å². The maximum atomic E-state index is 16.8. The summed E-state index contributed by atoms with van der Waals surface area (Å²) in [7, 11) is 0. The Hall–Kier alpha value is -2.97. The van der Waals surface area contributed by atoms with Gasteiger partial charge in [-0.05, 0) is 37.6 Å². The van der Waals surface area contributed by atoms with Gasteiger partial charge in [0.1, 0.15) is 29.9 Å². The molecule has 8 rings (SSSR count). The third-order valence-electron chi connectivity index (χ3n) is 9.27. The first kappa shape index (κ1) is 27.6. The summed E-state index contributed by atoms with van der Waals surface area (Å²) >= 11 is 7.80. The molecule has 43 heavy (non-hydrogen) atoms. The lowest BCUT2D eigenvalue weighted by Crippen LogP contribution is -2.64. The summed E-state index contributed by atoms with van der Waals surface area (Å²) in [5, 5.41) is 4.13. The van der Waals surface area contributed by atoms with E-state index in [4.69, 9.17) is 31.8 Å². The van der Waals surface area contributed by atoms with Crippen LogP contribution in [0.3, 0.4) is 0 Å². The van der Waals surface area contributed by atoms with Gasteiger partial charge in [-0.1, -0.05) is 22.9 Å². The zero-order chi connectivity index (χ0) is 29.5. The summed E-state index contributed by atoms with van der Waals surface area (Å²) in [4.78, 5) is 18.0. The minimum Gasteiger partial charge on any atom is -0.461 e. The lowest BCUT2D eigenvalue weighted by Gasteiger charge is -2.47. The molecule has 14 heteroatoms. The van der Waals surface area contributed by atoms with Gasteiger partial charge >= 0.3 is 6.01 Å². The summed E-state index contributed by atoms with van der Waals surface area (Å²) in [6, 6.07) is 4.29. The van der Waals surface area contributed by atoms with Gasteiger partial charge in [0.15, 0.2) is 10.9 Å². The number of hydrogen-bond acceptors (Lipinski definition) is 10. The van der Waals surface area contributed by atoms with Gasteiger partial charge in [0.05, 0.1) is 46.1 Å². The van der Waals surface area contributed by atoms with E-state index in [2.05, 4.69) is 25.1 Å². The van der Waals surface area contributed by atoms with E-state index in [1.165, 1.54) is 12.1 Å². The molecule has 4 fully saturated rings. The minimum absolute atomic E-state index is 0.0119. The van der Waals surface area contributed by atoms with Crippen molar-refractivity contribution in [2.45, 2.75) is 43.1 Å². The molecule has 4 atom stereocenters. The topological polar surface area (TPSA) is 102 Å². The number of nitrogens with one attached hydrogen (secondary N) is 1. The molecule has 9 nitrogen and oxygen atoms in total. The highest BCUT2D eigenvalue weighted by Crippen LogP contribution is 2.44. The number of thiazole rings is 1. The summed E-state index contributed by atoms with van der Waals surface area (Å²) in [5.74, 6) is -0.692.